The molecular weight excluding hydrogens is 248 g/mol. The van der Waals surface area contributed by atoms with Gasteiger partial charge in [0.15, 0.2) is 0 Å². The number of methoxy groups -OCH3 is 1. The lowest BCUT2D eigenvalue weighted by molar-refractivity contribution is 0.418. The highest BCUT2D eigenvalue weighted by Gasteiger charge is 2.11. The van der Waals surface area contributed by atoms with Crippen LogP contribution in [0, 0.1) is 0 Å². The van der Waals surface area contributed by atoms with Crippen molar-refractivity contribution in [3.63, 3.8) is 0 Å². The Morgan fingerprint density at radius 2 is 2.00 bits per heavy atom. The van der Waals surface area contributed by atoms with Crippen molar-refractivity contribution in [1.29, 1.82) is 0 Å². The van der Waals surface area contributed by atoms with Crippen molar-refractivity contribution < 1.29 is 4.74 Å². The number of hydrogen-bond donors (Lipinski definition) is 0. The summed E-state index contributed by atoms with van der Waals surface area (Å²) >= 11 is 6.21. The van der Waals surface area contributed by atoms with E-state index in [9.17, 15) is 0 Å². The summed E-state index contributed by atoms with van der Waals surface area (Å²) in [6.45, 7) is 0. The van der Waals surface area contributed by atoms with Crippen molar-refractivity contribution in [3.8, 4) is 17.1 Å². The topological polar surface area (TPSA) is 26.5 Å². The number of hydrogen-bond acceptors (Lipinski definition) is 2. The van der Waals surface area contributed by atoms with Crippen LogP contribution in [0.2, 0.25) is 5.02 Å². The molecule has 0 aliphatic heterocycles. The molecule has 0 spiro atoms. The number of pyridine rings is 1. The Bertz CT molecular complexity index is 706. The van der Waals surface area contributed by atoms with Crippen LogP contribution >= 0.6 is 11.6 Å². The van der Waals surface area contributed by atoms with Crippen LogP contribution in [0.15, 0.2) is 48.8 Å². The van der Waals surface area contributed by atoms with Gasteiger partial charge in [0.05, 0.1) is 18.3 Å². The Hall–Kier alpha value is -2.00. The van der Waals surface area contributed by atoms with Gasteiger partial charge in [-0.2, -0.15) is 0 Å². The minimum absolute atomic E-state index is 0.688. The van der Waals surface area contributed by atoms with Gasteiger partial charge in [-0.1, -0.05) is 23.7 Å². The zero-order valence-corrected chi connectivity index (χ0v) is 10.6. The molecule has 2 aromatic heterocycles. The molecule has 0 saturated carbocycles. The molecule has 0 fully saturated rings. The molecule has 90 valence electrons. The third-order valence-electron chi connectivity index (χ3n) is 2.87. The second-order valence-electron chi connectivity index (χ2n) is 3.89. The average molecular weight is 259 g/mol. The van der Waals surface area contributed by atoms with Crippen LogP contribution < -0.4 is 4.74 Å². The summed E-state index contributed by atoms with van der Waals surface area (Å²) in [4.78, 5) is 4.43. The molecule has 18 heavy (non-hydrogen) atoms. The van der Waals surface area contributed by atoms with E-state index >= 15 is 0 Å². The summed E-state index contributed by atoms with van der Waals surface area (Å²) in [7, 11) is 1.65. The highest BCUT2D eigenvalue weighted by atomic mass is 35.5. The number of rotatable bonds is 2. The SMILES string of the molecule is COc1cccn2c(-c3ccccc3Cl)ncc12. The molecule has 0 aliphatic carbocycles. The predicted octanol–water partition coefficient (Wildman–Crippen LogP) is 3.66. The van der Waals surface area contributed by atoms with E-state index in [1.165, 1.54) is 0 Å². The summed E-state index contributed by atoms with van der Waals surface area (Å²) < 4.78 is 7.29. The second-order valence-corrected chi connectivity index (χ2v) is 4.30. The Labute approximate surface area is 110 Å². The zero-order chi connectivity index (χ0) is 12.5. The molecule has 0 saturated heterocycles. The molecule has 0 atom stereocenters. The highest BCUT2D eigenvalue weighted by molar-refractivity contribution is 6.33. The molecule has 0 bridgehead atoms. The molecule has 0 unspecified atom stereocenters. The minimum atomic E-state index is 0.688. The second kappa shape index (κ2) is 4.35. The smallest absolute Gasteiger partial charge is 0.146 e. The predicted molar refractivity (Wildman–Crippen MR) is 72.2 cm³/mol. The van der Waals surface area contributed by atoms with Gasteiger partial charge in [-0.15, -0.1) is 0 Å². The number of halogens is 1. The molecule has 3 rings (SSSR count). The first kappa shape index (κ1) is 11.1. The van der Waals surface area contributed by atoms with Crippen molar-refractivity contribution in [2.45, 2.75) is 0 Å². The third-order valence-corrected chi connectivity index (χ3v) is 3.20. The number of imidazole rings is 1. The van der Waals surface area contributed by atoms with Gasteiger partial charge in [-0.05, 0) is 24.3 Å². The fraction of sp³-hybridized carbons (Fsp3) is 0.0714. The van der Waals surface area contributed by atoms with E-state index in [1.54, 1.807) is 13.3 Å². The van der Waals surface area contributed by atoms with Crippen molar-refractivity contribution >= 4 is 17.1 Å². The largest absolute Gasteiger partial charge is 0.494 e. The summed E-state index contributed by atoms with van der Waals surface area (Å²) in [6.07, 6.45) is 3.74. The van der Waals surface area contributed by atoms with Gasteiger partial charge in [0, 0.05) is 11.8 Å². The minimum Gasteiger partial charge on any atom is -0.494 e. The lowest BCUT2D eigenvalue weighted by Crippen LogP contribution is -1.92. The van der Waals surface area contributed by atoms with Crippen LogP contribution in [0.5, 0.6) is 5.75 Å². The standard InChI is InChI=1S/C14H11ClN2O/c1-18-13-7-4-8-17-12(13)9-16-14(17)10-5-2-3-6-11(10)15/h2-9H,1H3. The van der Waals surface area contributed by atoms with E-state index < -0.39 is 0 Å². The van der Waals surface area contributed by atoms with Gasteiger partial charge in [0.25, 0.3) is 0 Å². The lowest BCUT2D eigenvalue weighted by atomic mass is 10.2. The monoisotopic (exact) mass is 258 g/mol. The van der Waals surface area contributed by atoms with E-state index in [4.69, 9.17) is 16.3 Å². The zero-order valence-electron chi connectivity index (χ0n) is 9.80. The molecule has 3 aromatic rings. The van der Waals surface area contributed by atoms with Crippen LogP contribution in [0.1, 0.15) is 0 Å². The van der Waals surface area contributed by atoms with Crippen LogP contribution in [0.25, 0.3) is 16.9 Å². The van der Waals surface area contributed by atoms with Crippen LogP contribution in [0.3, 0.4) is 0 Å². The van der Waals surface area contributed by atoms with E-state index in [2.05, 4.69) is 4.98 Å². The average Bonchev–Trinajstić information content (AvgIpc) is 2.83. The maximum Gasteiger partial charge on any atom is 0.146 e. The fourth-order valence-corrected chi connectivity index (χ4v) is 2.23. The van der Waals surface area contributed by atoms with Gasteiger partial charge in [0.1, 0.15) is 17.1 Å². The maximum absolute atomic E-state index is 6.21. The molecular formula is C14H11ClN2O. The molecule has 0 N–H and O–H groups in total. The number of ether oxygens (including phenoxy) is 1. The first-order valence-corrected chi connectivity index (χ1v) is 5.94. The Balaban J connectivity index is 2.29. The highest BCUT2D eigenvalue weighted by Crippen LogP contribution is 2.29. The summed E-state index contributed by atoms with van der Waals surface area (Å²) in [6, 6.07) is 11.5. The van der Waals surface area contributed by atoms with Crippen molar-refractivity contribution in [3.05, 3.63) is 53.8 Å². The molecule has 1 aromatic carbocycles. The van der Waals surface area contributed by atoms with E-state index in [1.807, 2.05) is 47.0 Å². The molecule has 0 radical (unpaired) electrons. The molecule has 2 heterocycles. The number of benzene rings is 1. The first-order valence-electron chi connectivity index (χ1n) is 5.56. The quantitative estimate of drug-likeness (QED) is 0.701. The van der Waals surface area contributed by atoms with Crippen molar-refractivity contribution in [2.75, 3.05) is 7.11 Å². The van der Waals surface area contributed by atoms with Crippen LogP contribution in [-0.4, -0.2) is 16.5 Å². The summed E-state index contributed by atoms with van der Waals surface area (Å²) in [5.41, 5.74) is 1.84. The van der Waals surface area contributed by atoms with E-state index in [0.717, 1.165) is 22.7 Å². The summed E-state index contributed by atoms with van der Waals surface area (Å²) in [5.74, 6) is 1.61. The van der Waals surface area contributed by atoms with E-state index in [-0.39, 0.29) is 0 Å². The van der Waals surface area contributed by atoms with Crippen LogP contribution in [0.4, 0.5) is 0 Å². The Morgan fingerprint density at radius 3 is 2.78 bits per heavy atom. The number of fused-ring (bicyclic) bond motifs is 1. The Kier molecular flexibility index (Phi) is 2.68. The number of aromatic nitrogens is 2. The van der Waals surface area contributed by atoms with Gasteiger partial charge in [-0.3, -0.25) is 4.40 Å². The maximum atomic E-state index is 6.21. The van der Waals surface area contributed by atoms with Gasteiger partial charge < -0.3 is 4.74 Å². The van der Waals surface area contributed by atoms with Gasteiger partial charge in [0.2, 0.25) is 0 Å². The third kappa shape index (κ3) is 1.64. The van der Waals surface area contributed by atoms with E-state index in [0.29, 0.717) is 5.02 Å². The van der Waals surface area contributed by atoms with Crippen LogP contribution in [-0.2, 0) is 0 Å². The summed E-state index contributed by atoms with van der Waals surface area (Å²) in [5, 5.41) is 0.688. The Morgan fingerprint density at radius 1 is 1.17 bits per heavy atom. The fourth-order valence-electron chi connectivity index (χ4n) is 2.01. The molecule has 0 aliphatic rings. The lowest BCUT2D eigenvalue weighted by Gasteiger charge is -2.05. The van der Waals surface area contributed by atoms with Crippen molar-refractivity contribution in [2.24, 2.45) is 0 Å². The first-order chi connectivity index (χ1) is 8.81. The van der Waals surface area contributed by atoms with Gasteiger partial charge in [-0.25, -0.2) is 4.98 Å². The molecule has 4 heteroatoms. The van der Waals surface area contributed by atoms with Gasteiger partial charge >= 0.3 is 0 Å². The molecule has 3 nitrogen and oxygen atoms in total. The normalized spacial score (nSPS) is 10.8. The molecule has 0 amide bonds. The number of nitrogens with zero attached hydrogens (tertiary/aromatic N) is 2. The van der Waals surface area contributed by atoms with Crippen molar-refractivity contribution in [1.82, 2.24) is 9.38 Å².